The van der Waals surface area contributed by atoms with Crippen LogP contribution in [0.25, 0.3) is 5.13 Å². The first-order valence-electron chi connectivity index (χ1n) is 9.42. The van der Waals surface area contributed by atoms with Crippen molar-refractivity contribution in [3.8, 4) is 16.6 Å². The molecular weight excluding hydrogens is 390 g/mol. The Morgan fingerprint density at radius 3 is 2.45 bits per heavy atom. The van der Waals surface area contributed by atoms with Gasteiger partial charge in [-0.15, -0.1) is 10.2 Å². The van der Waals surface area contributed by atoms with Crippen LogP contribution in [0.3, 0.4) is 0 Å². The lowest BCUT2D eigenvalue weighted by atomic mass is 9.96. The number of aromatic nitrogens is 3. The van der Waals surface area contributed by atoms with E-state index in [9.17, 15) is 4.79 Å². The fourth-order valence-electron chi connectivity index (χ4n) is 3.39. The van der Waals surface area contributed by atoms with Crippen molar-refractivity contribution in [2.45, 2.75) is 12.8 Å². The summed E-state index contributed by atoms with van der Waals surface area (Å²) in [4.78, 5) is 14.9. The molecule has 8 nitrogen and oxygen atoms in total. The minimum atomic E-state index is -0.0313. The molecule has 0 bridgehead atoms. The highest BCUT2D eigenvalue weighted by Crippen LogP contribution is 2.31. The van der Waals surface area contributed by atoms with Crippen molar-refractivity contribution in [2.75, 3.05) is 37.5 Å². The zero-order valence-electron chi connectivity index (χ0n) is 16.4. The van der Waals surface area contributed by atoms with Crippen molar-refractivity contribution < 1.29 is 14.3 Å². The van der Waals surface area contributed by atoms with Gasteiger partial charge in [-0.1, -0.05) is 11.3 Å². The van der Waals surface area contributed by atoms with Crippen LogP contribution in [0.15, 0.2) is 42.7 Å². The molecule has 0 unspecified atom stereocenters. The molecule has 0 atom stereocenters. The Kier molecular flexibility index (Phi) is 5.66. The zero-order valence-corrected chi connectivity index (χ0v) is 17.2. The van der Waals surface area contributed by atoms with Crippen LogP contribution in [0.4, 0.5) is 10.8 Å². The number of carbonyl (C=O) groups excluding carboxylic acids is 1. The topological polar surface area (TPSA) is 81.5 Å². The van der Waals surface area contributed by atoms with E-state index in [1.807, 2.05) is 35.2 Å². The van der Waals surface area contributed by atoms with E-state index in [4.69, 9.17) is 9.47 Å². The number of ether oxygens (including phenoxy) is 2. The number of methoxy groups -OCH3 is 2. The minimum Gasteiger partial charge on any atom is -0.493 e. The van der Waals surface area contributed by atoms with Crippen LogP contribution in [0.1, 0.15) is 12.8 Å². The van der Waals surface area contributed by atoms with Crippen LogP contribution in [0, 0.1) is 5.92 Å². The number of hydrogen-bond acceptors (Lipinski definition) is 7. The van der Waals surface area contributed by atoms with Gasteiger partial charge in [0.1, 0.15) is 0 Å². The largest absolute Gasteiger partial charge is 0.493 e. The number of benzene rings is 1. The standard InChI is InChI=1S/C20H23N5O3S/c1-27-16-6-5-15(13-17(16)28-2)21-18(26)14-7-11-25(12-8-14)20-23-22-19(29-20)24-9-3-4-10-24/h3-6,9-10,13-14H,7-8,11-12H2,1-2H3,(H,21,26). The van der Waals surface area contributed by atoms with Gasteiger partial charge >= 0.3 is 0 Å². The quantitative estimate of drug-likeness (QED) is 0.668. The molecule has 1 saturated heterocycles. The number of rotatable bonds is 6. The van der Waals surface area contributed by atoms with E-state index >= 15 is 0 Å². The van der Waals surface area contributed by atoms with E-state index < -0.39 is 0 Å². The van der Waals surface area contributed by atoms with E-state index in [0.29, 0.717) is 17.2 Å². The van der Waals surface area contributed by atoms with E-state index in [1.54, 1.807) is 37.7 Å². The van der Waals surface area contributed by atoms with Crippen molar-refractivity contribution in [2.24, 2.45) is 5.92 Å². The molecule has 9 heteroatoms. The van der Waals surface area contributed by atoms with E-state index in [1.165, 1.54) is 0 Å². The average Bonchev–Trinajstić information content (AvgIpc) is 3.45. The molecule has 29 heavy (non-hydrogen) atoms. The Balaban J connectivity index is 1.34. The summed E-state index contributed by atoms with van der Waals surface area (Å²) in [5, 5.41) is 13.3. The van der Waals surface area contributed by atoms with Crippen LogP contribution in [0.2, 0.25) is 0 Å². The Hall–Kier alpha value is -3.07. The third-order valence-electron chi connectivity index (χ3n) is 5.02. The summed E-state index contributed by atoms with van der Waals surface area (Å²) in [6.07, 6.45) is 5.46. The van der Waals surface area contributed by atoms with Crippen molar-refractivity contribution in [1.29, 1.82) is 0 Å². The maximum Gasteiger partial charge on any atom is 0.227 e. The Morgan fingerprint density at radius 2 is 1.76 bits per heavy atom. The molecule has 152 valence electrons. The number of nitrogens with zero attached hydrogens (tertiary/aromatic N) is 4. The van der Waals surface area contributed by atoms with Gasteiger partial charge in [0.25, 0.3) is 0 Å². The Bertz CT molecular complexity index is 964. The third kappa shape index (κ3) is 4.19. The minimum absolute atomic E-state index is 0.0298. The predicted octanol–water partition coefficient (Wildman–Crippen LogP) is 3.20. The van der Waals surface area contributed by atoms with Gasteiger partial charge in [-0.2, -0.15) is 0 Å². The third-order valence-corrected chi connectivity index (χ3v) is 6.01. The average molecular weight is 414 g/mol. The van der Waals surface area contributed by atoms with Crippen molar-refractivity contribution in [1.82, 2.24) is 14.8 Å². The maximum atomic E-state index is 12.7. The molecule has 1 aliphatic heterocycles. The molecule has 0 saturated carbocycles. The van der Waals surface area contributed by atoms with Crippen LogP contribution in [-0.2, 0) is 4.79 Å². The summed E-state index contributed by atoms with van der Waals surface area (Å²) in [6, 6.07) is 9.30. The lowest BCUT2D eigenvalue weighted by Crippen LogP contribution is -2.38. The highest BCUT2D eigenvalue weighted by atomic mass is 32.1. The van der Waals surface area contributed by atoms with Gasteiger partial charge in [0.2, 0.25) is 16.2 Å². The summed E-state index contributed by atoms with van der Waals surface area (Å²) in [5.74, 6) is 1.23. The second-order valence-electron chi connectivity index (χ2n) is 6.78. The number of anilines is 2. The monoisotopic (exact) mass is 413 g/mol. The van der Waals surface area contributed by atoms with E-state index in [2.05, 4.69) is 20.4 Å². The first-order chi connectivity index (χ1) is 14.2. The van der Waals surface area contributed by atoms with Crippen LogP contribution < -0.4 is 19.7 Å². The van der Waals surface area contributed by atoms with Gasteiger partial charge in [0.15, 0.2) is 11.5 Å². The molecule has 3 heterocycles. The van der Waals surface area contributed by atoms with Crippen molar-refractivity contribution in [3.63, 3.8) is 0 Å². The van der Waals surface area contributed by atoms with E-state index in [-0.39, 0.29) is 11.8 Å². The zero-order chi connectivity index (χ0) is 20.2. The normalized spacial score (nSPS) is 14.6. The smallest absolute Gasteiger partial charge is 0.227 e. The molecule has 0 spiro atoms. The molecule has 1 amide bonds. The molecular formula is C20H23N5O3S. The number of nitrogens with one attached hydrogen (secondary N) is 1. The Labute approximate surface area is 173 Å². The SMILES string of the molecule is COc1ccc(NC(=O)C2CCN(c3nnc(-n4cccc4)s3)CC2)cc1OC. The molecule has 0 aliphatic carbocycles. The molecule has 3 aromatic rings. The molecule has 4 rings (SSSR count). The summed E-state index contributed by atoms with van der Waals surface area (Å²) in [5.41, 5.74) is 0.704. The van der Waals surface area contributed by atoms with Crippen LogP contribution in [0.5, 0.6) is 11.5 Å². The lowest BCUT2D eigenvalue weighted by molar-refractivity contribution is -0.120. The van der Waals surface area contributed by atoms with Gasteiger partial charge in [-0.25, -0.2) is 0 Å². The number of piperidine rings is 1. The number of hydrogen-bond donors (Lipinski definition) is 1. The van der Waals surface area contributed by atoms with Crippen molar-refractivity contribution in [3.05, 3.63) is 42.7 Å². The summed E-state index contributed by atoms with van der Waals surface area (Å²) in [6.45, 7) is 1.56. The molecule has 1 aliphatic rings. The molecule has 1 N–H and O–H groups in total. The second-order valence-corrected chi connectivity index (χ2v) is 7.71. The first-order valence-corrected chi connectivity index (χ1v) is 10.2. The van der Waals surface area contributed by atoms with Gasteiger partial charge < -0.3 is 19.7 Å². The number of carbonyl (C=O) groups is 1. The van der Waals surface area contributed by atoms with Crippen LogP contribution in [-0.4, -0.2) is 48.0 Å². The number of amides is 1. The highest BCUT2D eigenvalue weighted by Gasteiger charge is 2.27. The predicted molar refractivity (Wildman–Crippen MR) is 112 cm³/mol. The highest BCUT2D eigenvalue weighted by molar-refractivity contribution is 7.17. The van der Waals surface area contributed by atoms with Gasteiger partial charge in [0.05, 0.1) is 14.2 Å². The van der Waals surface area contributed by atoms with Gasteiger partial charge in [0, 0.05) is 43.2 Å². The van der Waals surface area contributed by atoms with E-state index in [0.717, 1.165) is 36.2 Å². The molecule has 2 aromatic heterocycles. The van der Waals surface area contributed by atoms with Crippen LogP contribution >= 0.6 is 11.3 Å². The fraction of sp³-hybridized carbons (Fsp3) is 0.350. The second kappa shape index (κ2) is 8.52. The summed E-state index contributed by atoms with van der Waals surface area (Å²) < 4.78 is 12.5. The van der Waals surface area contributed by atoms with Crippen molar-refractivity contribution >= 4 is 28.1 Å². The van der Waals surface area contributed by atoms with Gasteiger partial charge in [-0.05, 0) is 37.1 Å². The Morgan fingerprint density at radius 1 is 1.07 bits per heavy atom. The summed E-state index contributed by atoms with van der Waals surface area (Å²) in [7, 11) is 3.16. The lowest BCUT2D eigenvalue weighted by Gasteiger charge is -2.30. The first kappa shape index (κ1) is 19.3. The molecule has 0 radical (unpaired) electrons. The fourth-order valence-corrected chi connectivity index (χ4v) is 4.26. The maximum absolute atomic E-state index is 12.7. The van der Waals surface area contributed by atoms with Gasteiger partial charge in [-0.3, -0.25) is 9.36 Å². The molecule has 1 fully saturated rings. The molecule has 1 aromatic carbocycles. The summed E-state index contributed by atoms with van der Waals surface area (Å²) >= 11 is 1.56.